The Kier molecular flexibility index (Phi) is 4.21. The predicted octanol–water partition coefficient (Wildman–Crippen LogP) is 2.81. The van der Waals surface area contributed by atoms with Gasteiger partial charge in [-0.3, -0.25) is 0 Å². The molecule has 0 bridgehead atoms. The van der Waals surface area contributed by atoms with E-state index in [-0.39, 0.29) is 0 Å². The van der Waals surface area contributed by atoms with Crippen molar-refractivity contribution in [3.05, 3.63) is 34.9 Å². The quantitative estimate of drug-likeness (QED) is 0.811. The number of halogens is 2. The van der Waals surface area contributed by atoms with Crippen LogP contribution in [0.4, 0.5) is 8.78 Å². The normalized spacial score (nSPS) is 11.1. The summed E-state index contributed by atoms with van der Waals surface area (Å²) in [6.45, 7) is 6.27. The van der Waals surface area contributed by atoms with Crippen molar-refractivity contribution < 1.29 is 8.78 Å². The first kappa shape index (κ1) is 12.1. The maximum atomic E-state index is 13.4. The van der Waals surface area contributed by atoms with Crippen molar-refractivity contribution in [2.75, 3.05) is 6.54 Å². The average molecular weight is 213 g/mol. The number of hydrogen-bond donors (Lipinski definition) is 1. The third kappa shape index (κ3) is 3.27. The number of rotatable bonds is 4. The first-order chi connectivity index (χ1) is 7.02. The number of benzene rings is 1. The maximum absolute atomic E-state index is 13.4. The molecule has 0 aromatic heterocycles. The van der Waals surface area contributed by atoms with Crippen LogP contribution in [0.3, 0.4) is 0 Å². The first-order valence-corrected chi connectivity index (χ1v) is 5.19. The SMILES string of the molecule is Cc1ccc(CCNC(C)C)c(F)c1F. The fourth-order valence-corrected chi connectivity index (χ4v) is 1.37. The fourth-order valence-electron chi connectivity index (χ4n) is 1.37. The van der Waals surface area contributed by atoms with E-state index in [2.05, 4.69) is 5.32 Å². The zero-order chi connectivity index (χ0) is 11.4. The molecule has 0 heterocycles. The van der Waals surface area contributed by atoms with Gasteiger partial charge < -0.3 is 5.32 Å². The Balaban J connectivity index is 2.66. The second kappa shape index (κ2) is 5.21. The minimum absolute atomic E-state index is 0.355. The Bertz CT molecular complexity index is 335. The van der Waals surface area contributed by atoms with Gasteiger partial charge in [-0.05, 0) is 31.0 Å². The van der Waals surface area contributed by atoms with Gasteiger partial charge in [-0.1, -0.05) is 26.0 Å². The molecule has 0 aliphatic rings. The summed E-state index contributed by atoms with van der Waals surface area (Å²) in [7, 11) is 0. The van der Waals surface area contributed by atoms with Gasteiger partial charge in [-0.2, -0.15) is 0 Å². The molecule has 84 valence electrons. The lowest BCUT2D eigenvalue weighted by Crippen LogP contribution is -2.25. The average Bonchev–Trinajstić information content (AvgIpc) is 2.18. The highest BCUT2D eigenvalue weighted by Crippen LogP contribution is 2.15. The highest BCUT2D eigenvalue weighted by molar-refractivity contribution is 5.25. The van der Waals surface area contributed by atoms with E-state index in [1.807, 2.05) is 13.8 Å². The van der Waals surface area contributed by atoms with Crippen molar-refractivity contribution in [3.63, 3.8) is 0 Å². The molecule has 15 heavy (non-hydrogen) atoms. The van der Waals surface area contributed by atoms with Crippen LogP contribution in [0.15, 0.2) is 12.1 Å². The summed E-state index contributed by atoms with van der Waals surface area (Å²) < 4.78 is 26.6. The Labute approximate surface area is 89.5 Å². The molecule has 0 radical (unpaired) electrons. The first-order valence-electron chi connectivity index (χ1n) is 5.19. The monoisotopic (exact) mass is 213 g/mol. The summed E-state index contributed by atoms with van der Waals surface area (Å²) >= 11 is 0. The number of hydrogen-bond acceptors (Lipinski definition) is 1. The summed E-state index contributed by atoms with van der Waals surface area (Å²) in [5.74, 6) is -1.43. The lowest BCUT2D eigenvalue weighted by Gasteiger charge is -2.09. The Morgan fingerprint density at radius 1 is 1.20 bits per heavy atom. The van der Waals surface area contributed by atoms with E-state index in [9.17, 15) is 8.78 Å². The lowest BCUT2D eigenvalue weighted by molar-refractivity contribution is 0.489. The molecule has 0 saturated carbocycles. The van der Waals surface area contributed by atoms with Gasteiger partial charge in [0.1, 0.15) is 0 Å². The summed E-state index contributed by atoms with van der Waals surface area (Å²) in [6.07, 6.45) is 0.515. The van der Waals surface area contributed by atoms with E-state index < -0.39 is 11.6 Å². The highest BCUT2D eigenvalue weighted by atomic mass is 19.2. The van der Waals surface area contributed by atoms with E-state index in [1.54, 1.807) is 19.1 Å². The van der Waals surface area contributed by atoms with Crippen molar-refractivity contribution in [2.24, 2.45) is 0 Å². The van der Waals surface area contributed by atoms with Crippen LogP contribution in [-0.2, 0) is 6.42 Å². The molecule has 3 heteroatoms. The topological polar surface area (TPSA) is 12.0 Å². The maximum Gasteiger partial charge on any atom is 0.162 e. The van der Waals surface area contributed by atoms with Crippen molar-refractivity contribution in [3.8, 4) is 0 Å². The molecule has 0 aliphatic carbocycles. The van der Waals surface area contributed by atoms with Crippen LogP contribution < -0.4 is 5.32 Å². The van der Waals surface area contributed by atoms with Crippen LogP contribution >= 0.6 is 0 Å². The number of nitrogens with one attached hydrogen (secondary N) is 1. The van der Waals surface area contributed by atoms with Crippen LogP contribution in [-0.4, -0.2) is 12.6 Å². The fraction of sp³-hybridized carbons (Fsp3) is 0.500. The largest absolute Gasteiger partial charge is 0.314 e. The van der Waals surface area contributed by atoms with Gasteiger partial charge in [0.05, 0.1) is 0 Å². The second-order valence-corrected chi connectivity index (χ2v) is 4.03. The third-order valence-electron chi connectivity index (χ3n) is 2.30. The molecule has 0 aliphatic heterocycles. The molecular weight excluding hydrogens is 196 g/mol. The predicted molar refractivity (Wildman–Crippen MR) is 57.9 cm³/mol. The Hall–Kier alpha value is -0.960. The molecule has 1 aromatic rings. The van der Waals surface area contributed by atoms with Crippen molar-refractivity contribution in [1.29, 1.82) is 0 Å². The highest BCUT2D eigenvalue weighted by Gasteiger charge is 2.10. The summed E-state index contributed by atoms with van der Waals surface area (Å²) in [5, 5.41) is 3.17. The molecule has 0 fully saturated rings. The zero-order valence-electron chi connectivity index (χ0n) is 9.40. The minimum Gasteiger partial charge on any atom is -0.314 e. The molecule has 0 unspecified atom stereocenters. The Morgan fingerprint density at radius 2 is 1.87 bits per heavy atom. The van der Waals surface area contributed by atoms with Crippen molar-refractivity contribution in [1.82, 2.24) is 5.32 Å². The Morgan fingerprint density at radius 3 is 2.47 bits per heavy atom. The zero-order valence-corrected chi connectivity index (χ0v) is 9.40. The van der Waals surface area contributed by atoms with Gasteiger partial charge in [-0.25, -0.2) is 8.78 Å². The summed E-state index contributed by atoms with van der Waals surface area (Å²) in [6, 6.07) is 3.63. The van der Waals surface area contributed by atoms with E-state index in [0.29, 0.717) is 30.1 Å². The van der Waals surface area contributed by atoms with E-state index in [4.69, 9.17) is 0 Å². The molecule has 0 spiro atoms. The van der Waals surface area contributed by atoms with Gasteiger partial charge in [-0.15, -0.1) is 0 Å². The van der Waals surface area contributed by atoms with E-state index in [1.165, 1.54) is 0 Å². The third-order valence-corrected chi connectivity index (χ3v) is 2.30. The summed E-state index contributed by atoms with van der Waals surface area (Å²) in [5.41, 5.74) is 0.791. The molecule has 0 atom stereocenters. The minimum atomic E-state index is -0.725. The smallest absolute Gasteiger partial charge is 0.162 e. The molecular formula is C12H17F2N. The molecule has 0 amide bonds. The lowest BCUT2D eigenvalue weighted by atomic mass is 10.1. The standard InChI is InChI=1S/C12H17F2N/c1-8(2)15-7-6-10-5-4-9(3)11(13)12(10)14/h4-5,8,15H,6-7H2,1-3H3. The van der Waals surface area contributed by atoms with Crippen LogP contribution in [0.5, 0.6) is 0 Å². The van der Waals surface area contributed by atoms with Crippen LogP contribution in [0, 0.1) is 18.6 Å². The van der Waals surface area contributed by atoms with Crippen LogP contribution in [0.1, 0.15) is 25.0 Å². The van der Waals surface area contributed by atoms with Gasteiger partial charge in [0, 0.05) is 6.04 Å². The van der Waals surface area contributed by atoms with E-state index >= 15 is 0 Å². The van der Waals surface area contributed by atoms with Crippen molar-refractivity contribution in [2.45, 2.75) is 33.2 Å². The van der Waals surface area contributed by atoms with Gasteiger partial charge in [0.15, 0.2) is 11.6 Å². The molecule has 1 aromatic carbocycles. The molecule has 1 rings (SSSR count). The van der Waals surface area contributed by atoms with Crippen molar-refractivity contribution >= 4 is 0 Å². The van der Waals surface area contributed by atoms with Crippen LogP contribution in [0.25, 0.3) is 0 Å². The van der Waals surface area contributed by atoms with Gasteiger partial charge >= 0.3 is 0 Å². The van der Waals surface area contributed by atoms with Gasteiger partial charge in [0.2, 0.25) is 0 Å². The number of aryl methyl sites for hydroxylation is 1. The summed E-state index contributed by atoms with van der Waals surface area (Å²) in [4.78, 5) is 0. The van der Waals surface area contributed by atoms with Gasteiger partial charge in [0.25, 0.3) is 0 Å². The van der Waals surface area contributed by atoms with Crippen LogP contribution in [0.2, 0.25) is 0 Å². The molecule has 1 N–H and O–H groups in total. The molecule has 1 nitrogen and oxygen atoms in total. The van der Waals surface area contributed by atoms with E-state index in [0.717, 1.165) is 0 Å². The molecule has 0 saturated heterocycles. The second-order valence-electron chi connectivity index (χ2n) is 4.03.